The molecule has 0 aliphatic rings. The molecule has 0 fully saturated rings. The third kappa shape index (κ3) is 9.06. The fourth-order valence-electron chi connectivity index (χ4n) is 2.43. The number of carboxylic acid groups (broad SMARTS) is 1. The van der Waals surface area contributed by atoms with Crippen molar-refractivity contribution in [2.45, 2.75) is 73.1 Å². The Balaban J connectivity index is 4.88. The highest BCUT2D eigenvalue weighted by atomic mass is 16.5. The number of rotatable bonds is 12. The molecule has 2 atom stereocenters. The van der Waals surface area contributed by atoms with Crippen molar-refractivity contribution in [3.05, 3.63) is 0 Å². The second kappa shape index (κ2) is 11.5. The van der Waals surface area contributed by atoms with Crippen molar-refractivity contribution in [2.75, 3.05) is 6.61 Å². The monoisotopic (exact) mass is 314 g/mol. The largest absolute Gasteiger partial charge is 0.481 e. The van der Waals surface area contributed by atoms with Gasteiger partial charge in [0.15, 0.2) is 0 Å². The van der Waals surface area contributed by atoms with Crippen LogP contribution >= 0.6 is 0 Å². The maximum absolute atomic E-state index is 12.3. The fourth-order valence-corrected chi connectivity index (χ4v) is 2.43. The second-order valence-corrected chi connectivity index (χ2v) is 7.01. The normalized spacial score (nSPS) is 14.1. The first-order valence-electron chi connectivity index (χ1n) is 8.68. The first-order valence-corrected chi connectivity index (χ1v) is 8.68. The summed E-state index contributed by atoms with van der Waals surface area (Å²) < 4.78 is 5.31. The number of carbonyl (C=O) groups is 2. The van der Waals surface area contributed by atoms with E-state index >= 15 is 0 Å². The van der Waals surface area contributed by atoms with Crippen molar-refractivity contribution < 1.29 is 19.4 Å². The van der Waals surface area contributed by atoms with E-state index in [-0.39, 0.29) is 5.97 Å². The average Bonchev–Trinajstić information content (AvgIpc) is 2.41. The van der Waals surface area contributed by atoms with Gasteiger partial charge < -0.3 is 9.84 Å². The van der Waals surface area contributed by atoms with Gasteiger partial charge in [-0.25, -0.2) is 0 Å². The van der Waals surface area contributed by atoms with Gasteiger partial charge in [0.05, 0.1) is 18.4 Å². The lowest BCUT2D eigenvalue weighted by Crippen LogP contribution is -2.32. The summed E-state index contributed by atoms with van der Waals surface area (Å²) in [5, 5.41) is 9.53. The molecule has 1 N–H and O–H groups in total. The molecule has 2 unspecified atom stereocenters. The third-order valence-corrected chi connectivity index (χ3v) is 3.96. The summed E-state index contributed by atoms with van der Waals surface area (Å²) in [4.78, 5) is 24.0. The molecule has 22 heavy (non-hydrogen) atoms. The van der Waals surface area contributed by atoms with E-state index in [1.807, 2.05) is 6.92 Å². The van der Waals surface area contributed by atoms with Crippen molar-refractivity contribution in [3.8, 4) is 0 Å². The number of hydrogen-bond acceptors (Lipinski definition) is 3. The summed E-state index contributed by atoms with van der Waals surface area (Å²) in [7, 11) is 0. The van der Waals surface area contributed by atoms with E-state index in [1.165, 1.54) is 0 Å². The molecule has 0 aliphatic carbocycles. The number of carbonyl (C=O) groups excluding carboxylic acids is 1. The molecule has 0 aliphatic heterocycles. The van der Waals surface area contributed by atoms with E-state index in [0.29, 0.717) is 31.3 Å². The highest BCUT2D eigenvalue weighted by Crippen LogP contribution is 2.27. The molecule has 0 bridgehead atoms. The molecule has 0 heterocycles. The Morgan fingerprint density at radius 2 is 1.41 bits per heavy atom. The predicted octanol–water partition coefficient (Wildman–Crippen LogP) is 4.52. The number of hydrogen-bond donors (Lipinski definition) is 1. The van der Waals surface area contributed by atoms with Gasteiger partial charge in [0, 0.05) is 0 Å². The van der Waals surface area contributed by atoms with E-state index in [0.717, 1.165) is 25.7 Å². The van der Waals surface area contributed by atoms with Crippen LogP contribution in [-0.4, -0.2) is 23.7 Å². The van der Waals surface area contributed by atoms with Gasteiger partial charge in [0.25, 0.3) is 0 Å². The van der Waals surface area contributed by atoms with Crippen LogP contribution in [0.1, 0.15) is 73.1 Å². The second-order valence-electron chi connectivity index (χ2n) is 7.01. The van der Waals surface area contributed by atoms with Crippen molar-refractivity contribution in [3.63, 3.8) is 0 Å². The van der Waals surface area contributed by atoms with Gasteiger partial charge in [-0.15, -0.1) is 0 Å². The Bertz CT molecular complexity index is 323. The van der Waals surface area contributed by atoms with E-state index in [1.54, 1.807) is 0 Å². The Labute approximate surface area is 135 Å². The first-order chi connectivity index (χ1) is 10.3. The van der Waals surface area contributed by atoms with Crippen LogP contribution in [0, 0.1) is 23.7 Å². The third-order valence-electron chi connectivity index (χ3n) is 3.96. The summed E-state index contributed by atoms with van der Waals surface area (Å²) in [5.41, 5.74) is 0. The molecule has 0 aromatic carbocycles. The van der Waals surface area contributed by atoms with Crippen LogP contribution in [0.4, 0.5) is 0 Å². The van der Waals surface area contributed by atoms with Crippen LogP contribution < -0.4 is 0 Å². The number of aliphatic carboxylic acids is 1. The SMILES string of the molecule is CCCCOC(=O)C(CCC(C)C)C(CCC(C)C)C(=O)O. The molecule has 0 spiro atoms. The molecule has 0 radical (unpaired) electrons. The van der Waals surface area contributed by atoms with E-state index in [9.17, 15) is 14.7 Å². The predicted molar refractivity (Wildman–Crippen MR) is 88.6 cm³/mol. The molecule has 0 saturated carbocycles. The Kier molecular flexibility index (Phi) is 10.9. The summed E-state index contributed by atoms with van der Waals surface area (Å²) in [5.74, 6) is -1.47. The van der Waals surface area contributed by atoms with Crippen LogP contribution in [0.3, 0.4) is 0 Å². The lowest BCUT2D eigenvalue weighted by molar-refractivity contribution is -0.158. The van der Waals surface area contributed by atoms with Crippen LogP contribution in [0.25, 0.3) is 0 Å². The zero-order valence-corrected chi connectivity index (χ0v) is 14.9. The maximum atomic E-state index is 12.3. The lowest BCUT2D eigenvalue weighted by atomic mass is 9.82. The van der Waals surface area contributed by atoms with E-state index < -0.39 is 17.8 Å². The first kappa shape index (κ1) is 20.9. The van der Waals surface area contributed by atoms with Crippen molar-refractivity contribution in [2.24, 2.45) is 23.7 Å². The number of esters is 1. The van der Waals surface area contributed by atoms with Gasteiger partial charge >= 0.3 is 11.9 Å². The van der Waals surface area contributed by atoms with Crippen LogP contribution in [0.2, 0.25) is 0 Å². The van der Waals surface area contributed by atoms with Gasteiger partial charge in [0.1, 0.15) is 0 Å². The smallest absolute Gasteiger partial charge is 0.309 e. The number of ether oxygens (including phenoxy) is 1. The van der Waals surface area contributed by atoms with Crippen LogP contribution in [-0.2, 0) is 14.3 Å². The van der Waals surface area contributed by atoms with Gasteiger partial charge in [-0.05, 0) is 31.1 Å². The van der Waals surface area contributed by atoms with Gasteiger partial charge in [-0.2, -0.15) is 0 Å². The Hall–Kier alpha value is -1.06. The molecule has 130 valence electrons. The fraction of sp³-hybridized carbons (Fsp3) is 0.889. The average molecular weight is 314 g/mol. The molecule has 4 heteroatoms. The van der Waals surface area contributed by atoms with Crippen LogP contribution in [0.15, 0.2) is 0 Å². The van der Waals surface area contributed by atoms with Gasteiger partial charge in [-0.3, -0.25) is 9.59 Å². The lowest BCUT2D eigenvalue weighted by Gasteiger charge is -2.24. The summed E-state index contributed by atoms with van der Waals surface area (Å²) in [6, 6.07) is 0. The zero-order chi connectivity index (χ0) is 17.1. The highest BCUT2D eigenvalue weighted by Gasteiger charge is 2.34. The number of carboxylic acids is 1. The summed E-state index contributed by atoms with van der Waals surface area (Å²) >= 11 is 0. The molecule has 0 saturated heterocycles. The zero-order valence-electron chi connectivity index (χ0n) is 14.9. The Morgan fingerprint density at radius 3 is 1.82 bits per heavy atom. The summed E-state index contributed by atoms with van der Waals surface area (Å²) in [6.45, 7) is 10.7. The topological polar surface area (TPSA) is 63.6 Å². The maximum Gasteiger partial charge on any atom is 0.309 e. The molecular formula is C18H34O4. The van der Waals surface area contributed by atoms with Crippen molar-refractivity contribution in [1.82, 2.24) is 0 Å². The van der Waals surface area contributed by atoms with E-state index in [2.05, 4.69) is 27.7 Å². The quantitative estimate of drug-likeness (QED) is 0.425. The van der Waals surface area contributed by atoms with Crippen molar-refractivity contribution >= 4 is 11.9 Å². The molecular weight excluding hydrogens is 280 g/mol. The van der Waals surface area contributed by atoms with Crippen LogP contribution in [0.5, 0.6) is 0 Å². The van der Waals surface area contributed by atoms with Crippen molar-refractivity contribution in [1.29, 1.82) is 0 Å². The molecule has 0 aromatic rings. The molecule has 0 amide bonds. The minimum atomic E-state index is -0.873. The standard InChI is InChI=1S/C18H34O4/c1-6-7-12-22-18(21)16(11-9-14(4)5)15(17(19)20)10-8-13(2)3/h13-16H,6-12H2,1-5H3,(H,19,20). The van der Waals surface area contributed by atoms with Gasteiger partial charge in [-0.1, -0.05) is 53.9 Å². The minimum absolute atomic E-state index is 0.328. The van der Waals surface area contributed by atoms with E-state index in [4.69, 9.17) is 4.74 Å². The highest BCUT2D eigenvalue weighted by molar-refractivity contribution is 5.81. The molecule has 0 aromatic heterocycles. The minimum Gasteiger partial charge on any atom is -0.481 e. The number of unbranched alkanes of at least 4 members (excludes halogenated alkanes) is 1. The summed E-state index contributed by atoms with van der Waals surface area (Å²) in [6.07, 6.45) is 4.58. The Morgan fingerprint density at radius 1 is 0.909 bits per heavy atom. The molecule has 4 nitrogen and oxygen atoms in total. The molecule has 0 rings (SSSR count). The van der Waals surface area contributed by atoms with Gasteiger partial charge in [0.2, 0.25) is 0 Å².